The summed E-state index contributed by atoms with van der Waals surface area (Å²) in [4.78, 5) is 19.9. The molecule has 0 saturated heterocycles. The molecule has 1 aliphatic rings. The monoisotopic (exact) mass is 277 g/mol. The minimum atomic E-state index is -0.498. The number of nitrogens with one attached hydrogen (secondary N) is 1. The third-order valence-corrected chi connectivity index (χ3v) is 4.26. The summed E-state index contributed by atoms with van der Waals surface area (Å²) in [5.74, 6) is 1.64. The molecule has 110 valence electrons. The second kappa shape index (κ2) is 6.20. The Morgan fingerprint density at radius 2 is 2.10 bits per heavy atom. The van der Waals surface area contributed by atoms with Crippen molar-refractivity contribution >= 4 is 11.8 Å². The molecular formula is C15H23N3O2. The number of aromatic nitrogens is 2. The predicted molar refractivity (Wildman–Crippen MR) is 77.7 cm³/mol. The van der Waals surface area contributed by atoms with Gasteiger partial charge in [-0.15, -0.1) is 0 Å². The first-order valence-electron chi connectivity index (χ1n) is 7.21. The highest BCUT2D eigenvalue weighted by atomic mass is 16.5. The maximum atomic E-state index is 11.6. The molecule has 1 heterocycles. The van der Waals surface area contributed by atoms with E-state index in [1.54, 1.807) is 0 Å². The number of ether oxygens (including phenoxy) is 1. The molecule has 1 saturated carbocycles. The van der Waals surface area contributed by atoms with Crippen LogP contribution < -0.4 is 5.32 Å². The van der Waals surface area contributed by atoms with Crippen LogP contribution in [0.2, 0.25) is 0 Å². The second-order valence-corrected chi connectivity index (χ2v) is 5.73. The lowest BCUT2D eigenvalue weighted by atomic mass is 9.78. The summed E-state index contributed by atoms with van der Waals surface area (Å²) >= 11 is 0. The van der Waals surface area contributed by atoms with E-state index >= 15 is 0 Å². The molecule has 3 atom stereocenters. The molecule has 0 spiro atoms. The number of carbonyl (C=O) groups excluding carboxylic acids is 1. The molecule has 5 heteroatoms. The van der Waals surface area contributed by atoms with Crippen LogP contribution in [-0.2, 0) is 4.74 Å². The minimum Gasteiger partial charge on any atom is -0.463 e. The lowest BCUT2D eigenvalue weighted by Crippen LogP contribution is -2.35. The summed E-state index contributed by atoms with van der Waals surface area (Å²) in [6.07, 6.45) is 3.66. The van der Waals surface area contributed by atoms with Crippen molar-refractivity contribution < 1.29 is 9.53 Å². The summed E-state index contributed by atoms with van der Waals surface area (Å²) in [5.41, 5.74) is 0.763. The molecule has 1 aliphatic carbocycles. The van der Waals surface area contributed by atoms with Crippen molar-refractivity contribution in [2.24, 2.45) is 11.8 Å². The van der Waals surface area contributed by atoms with Gasteiger partial charge in [-0.25, -0.2) is 14.8 Å². The van der Waals surface area contributed by atoms with Crippen molar-refractivity contribution in [3.05, 3.63) is 17.6 Å². The van der Waals surface area contributed by atoms with Gasteiger partial charge in [-0.3, -0.25) is 0 Å². The van der Waals surface area contributed by atoms with E-state index in [1.165, 1.54) is 20.0 Å². The van der Waals surface area contributed by atoms with Gasteiger partial charge in [0.05, 0.1) is 7.11 Å². The molecule has 1 aromatic rings. The van der Waals surface area contributed by atoms with Crippen molar-refractivity contribution in [3.63, 3.8) is 0 Å². The number of esters is 1. The summed E-state index contributed by atoms with van der Waals surface area (Å²) in [6.45, 7) is 6.42. The molecule has 1 N–H and O–H groups in total. The average molecular weight is 277 g/mol. The first-order valence-corrected chi connectivity index (χ1v) is 7.21. The van der Waals surface area contributed by atoms with E-state index < -0.39 is 5.97 Å². The number of anilines is 1. The maximum absolute atomic E-state index is 11.6. The first-order chi connectivity index (χ1) is 9.51. The van der Waals surface area contributed by atoms with Crippen LogP contribution in [0, 0.1) is 18.8 Å². The number of aryl methyl sites for hydroxylation is 1. The maximum Gasteiger partial charge on any atom is 0.376 e. The van der Waals surface area contributed by atoms with Crippen LogP contribution in [0.3, 0.4) is 0 Å². The fourth-order valence-electron chi connectivity index (χ4n) is 2.80. The number of carbonyl (C=O) groups is 1. The van der Waals surface area contributed by atoms with Crippen molar-refractivity contribution in [2.45, 2.75) is 46.1 Å². The van der Waals surface area contributed by atoms with Gasteiger partial charge in [-0.05, 0) is 25.2 Å². The zero-order chi connectivity index (χ0) is 14.7. The van der Waals surface area contributed by atoms with Crippen molar-refractivity contribution in [3.8, 4) is 0 Å². The number of hydrogen-bond donors (Lipinski definition) is 1. The summed E-state index contributed by atoms with van der Waals surface area (Å²) in [7, 11) is 1.34. The third-order valence-electron chi connectivity index (χ3n) is 4.26. The Labute approximate surface area is 120 Å². The van der Waals surface area contributed by atoms with E-state index in [2.05, 4.69) is 33.9 Å². The number of methoxy groups -OCH3 is 1. The van der Waals surface area contributed by atoms with Gasteiger partial charge < -0.3 is 10.1 Å². The lowest BCUT2D eigenvalue weighted by molar-refractivity contribution is 0.0586. The Bertz CT molecular complexity index is 490. The second-order valence-electron chi connectivity index (χ2n) is 5.73. The van der Waals surface area contributed by atoms with E-state index in [-0.39, 0.29) is 5.82 Å². The molecule has 5 nitrogen and oxygen atoms in total. The topological polar surface area (TPSA) is 64.1 Å². The van der Waals surface area contributed by atoms with Crippen LogP contribution in [0.15, 0.2) is 6.07 Å². The van der Waals surface area contributed by atoms with Gasteiger partial charge in [-0.1, -0.05) is 26.7 Å². The molecule has 1 aromatic heterocycles. The summed E-state index contributed by atoms with van der Waals surface area (Å²) in [6, 6.07) is 2.27. The third kappa shape index (κ3) is 3.26. The van der Waals surface area contributed by atoms with Gasteiger partial charge in [0.25, 0.3) is 0 Å². The molecule has 0 bridgehead atoms. The molecule has 1 fully saturated rings. The lowest BCUT2D eigenvalue weighted by Gasteiger charge is -2.35. The predicted octanol–water partition coefficient (Wildman–Crippen LogP) is 2.81. The van der Waals surface area contributed by atoms with Gasteiger partial charge >= 0.3 is 5.97 Å². The largest absolute Gasteiger partial charge is 0.463 e. The minimum absolute atomic E-state index is 0.117. The molecule has 20 heavy (non-hydrogen) atoms. The fraction of sp³-hybridized carbons (Fsp3) is 0.667. The van der Waals surface area contributed by atoms with Crippen LogP contribution in [0.25, 0.3) is 0 Å². The van der Waals surface area contributed by atoms with E-state index in [4.69, 9.17) is 0 Å². The quantitative estimate of drug-likeness (QED) is 0.861. The molecule has 2 rings (SSSR count). The first kappa shape index (κ1) is 14.8. The molecule has 0 radical (unpaired) electrons. The number of rotatable bonds is 3. The Morgan fingerprint density at radius 1 is 1.35 bits per heavy atom. The average Bonchev–Trinajstić information content (AvgIpc) is 2.42. The summed E-state index contributed by atoms with van der Waals surface area (Å²) < 4.78 is 4.68. The highest BCUT2D eigenvalue weighted by Crippen LogP contribution is 2.31. The van der Waals surface area contributed by atoms with Crippen LogP contribution >= 0.6 is 0 Å². The van der Waals surface area contributed by atoms with Gasteiger partial charge in [0.2, 0.25) is 5.82 Å². The zero-order valence-corrected chi connectivity index (χ0v) is 12.6. The Hall–Kier alpha value is -1.65. The molecule has 0 aromatic carbocycles. The SMILES string of the molecule is COC(=O)c1nc(C)cc(NC2CCCC(C)C2C)n1. The van der Waals surface area contributed by atoms with Crippen LogP contribution in [0.5, 0.6) is 0 Å². The van der Waals surface area contributed by atoms with E-state index in [0.717, 1.165) is 12.1 Å². The van der Waals surface area contributed by atoms with Crippen LogP contribution in [-0.4, -0.2) is 29.1 Å². The van der Waals surface area contributed by atoms with Crippen molar-refractivity contribution in [1.82, 2.24) is 9.97 Å². The number of nitrogens with zero attached hydrogens (tertiary/aromatic N) is 2. The highest BCUT2D eigenvalue weighted by Gasteiger charge is 2.27. The van der Waals surface area contributed by atoms with Gasteiger partial charge in [0, 0.05) is 17.8 Å². The molecular weight excluding hydrogens is 254 g/mol. The zero-order valence-electron chi connectivity index (χ0n) is 12.6. The van der Waals surface area contributed by atoms with Gasteiger partial charge in [0.15, 0.2) is 0 Å². The normalized spacial score (nSPS) is 26.1. The Kier molecular flexibility index (Phi) is 4.57. The van der Waals surface area contributed by atoms with Crippen LogP contribution in [0.4, 0.5) is 5.82 Å². The number of hydrogen-bond acceptors (Lipinski definition) is 5. The standard InChI is InChI=1S/C15H23N3O2/c1-9-6-5-7-12(11(9)3)17-13-8-10(2)16-14(18-13)15(19)20-4/h8-9,11-12H,5-7H2,1-4H3,(H,16,17,18). The smallest absolute Gasteiger partial charge is 0.376 e. The Balaban J connectivity index is 2.16. The van der Waals surface area contributed by atoms with Gasteiger partial charge in [-0.2, -0.15) is 0 Å². The van der Waals surface area contributed by atoms with Crippen LogP contribution in [0.1, 0.15) is 49.4 Å². The molecule has 0 amide bonds. The molecule has 3 unspecified atom stereocenters. The van der Waals surface area contributed by atoms with E-state index in [9.17, 15) is 4.79 Å². The van der Waals surface area contributed by atoms with Crippen molar-refractivity contribution in [1.29, 1.82) is 0 Å². The fourth-order valence-corrected chi connectivity index (χ4v) is 2.80. The molecule has 0 aliphatic heterocycles. The summed E-state index contributed by atoms with van der Waals surface area (Å²) in [5, 5.41) is 3.46. The van der Waals surface area contributed by atoms with E-state index in [1.807, 2.05) is 13.0 Å². The van der Waals surface area contributed by atoms with Gasteiger partial charge in [0.1, 0.15) is 5.82 Å². The van der Waals surface area contributed by atoms with E-state index in [0.29, 0.717) is 23.7 Å². The highest BCUT2D eigenvalue weighted by molar-refractivity contribution is 5.85. The van der Waals surface area contributed by atoms with Crippen molar-refractivity contribution in [2.75, 3.05) is 12.4 Å². The Morgan fingerprint density at radius 3 is 2.80 bits per heavy atom.